The maximum absolute atomic E-state index is 12.5. The van der Waals surface area contributed by atoms with Gasteiger partial charge in [-0.2, -0.15) is 0 Å². The maximum atomic E-state index is 12.5. The maximum Gasteiger partial charge on any atom is 0.255 e. The Morgan fingerprint density at radius 1 is 1.07 bits per heavy atom. The van der Waals surface area contributed by atoms with Crippen LogP contribution in [0.4, 0.5) is 5.69 Å². The van der Waals surface area contributed by atoms with Crippen LogP contribution in [0.15, 0.2) is 59.6 Å². The summed E-state index contributed by atoms with van der Waals surface area (Å²) in [5, 5.41) is 3.93. The number of hydrogen-bond donors (Lipinski definition) is 1. The average molecular weight is 385 g/mol. The fourth-order valence-corrected chi connectivity index (χ4v) is 3.81. The van der Waals surface area contributed by atoms with Gasteiger partial charge in [0, 0.05) is 49.0 Å². The number of nitrogens with one attached hydrogen (secondary N) is 1. The molecule has 142 valence electrons. The van der Waals surface area contributed by atoms with Crippen molar-refractivity contribution in [2.24, 2.45) is 0 Å². The van der Waals surface area contributed by atoms with Gasteiger partial charge < -0.3 is 9.88 Å². The normalized spacial score (nSPS) is 11.9. The van der Waals surface area contributed by atoms with Gasteiger partial charge in [0.2, 0.25) is 10.0 Å². The molecule has 0 radical (unpaired) electrons. The first-order chi connectivity index (χ1) is 12.8. The van der Waals surface area contributed by atoms with E-state index in [4.69, 9.17) is 0 Å². The van der Waals surface area contributed by atoms with Crippen molar-refractivity contribution in [2.45, 2.75) is 24.8 Å². The van der Waals surface area contributed by atoms with Crippen molar-refractivity contribution < 1.29 is 13.2 Å². The molecule has 27 heavy (non-hydrogen) atoms. The van der Waals surface area contributed by atoms with E-state index in [9.17, 15) is 13.2 Å². The lowest BCUT2D eigenvalue weighted by molar-refractivity contribution is 0.102. The van der Waals surface area contributed by atoms with Crippen LogP contribution in [0.2, 0.25) is 0 Å². The Morgan fingerprint density at radius 2 is 1.78 bits per heavy atom. The van der Waals surface area contributed by atoms with Crippen molar-refractivity contribution >= 4 is 32.5 Å². The van der Waals surface area contributed by atoms with Gasteiger partial charge in [-0.15, -0.1) is 0 Å². The molecule has 0 saturated heterocycles. The number of hydrogen-bond acceptors (Lipinski definition) is 3. The Morgan fingerprint density at radius 3 is 2.41 bits per heavy atom. The Kier molecular flexibility index (Phi) is 5.34. The lowest BCUT2D eigenvalue weighted by atomic mass is 10.2. The van der Waals surface area contributed by atoms with Crippen molar-refractivity contribution in [3.05, 3.63) is 60.3 Å². The molecule has 3 rings (SSSR count). The standard InChI is InChI=1S/C20H23N3O3S/c1-4-12-23-13-11-16-14-17(7-10-19(16)23)21-20(24)15-5-8-18(9-6-15)27(25,26)22(2)3/h5-11,13-14H,4,12H2,1-3H3,(H,21,24). The Hall–Kier alpha value is -2.64. The number of fused-ring (bicyclic) bond motifs is 1. The van der Waals surface area contributed by atoms with Crippen LogP contribution in [0.1, 0.15) is 23.7 Å². The minimum atomic E-state index is -3.51. The highest BCUT2D eigenvalue weighted by Gasteiger charge is 2.17. The average Bonchev–Trinajstić information content (AvgIpc) is 3.04. The summed E-state index contributed by atoms with van der Waals surface area (Å²) in [5.41, 5.74) is 2.23. The molecule has 7 heteroatoms. The number of carbonyl (C=O) groups is 1. The SMILES string of the molecule is CCCn1ccc2cc(NC(=O)c3ccc(S(=O)(=O)N(C)C)cc3)ccc21. The minimum Gasteiger partial charge on any atom is -0.347 e. The smallest absolute Gasteiger partial charge is 0.255 e. The van der Waals surface area contributed by atoms with Crippen molar-refractivity contribution in [3.8, 4) is 0 Å². The van der Waals surface area contributed by atoms with E-state index in [1.165, 1.54) is 38.4 Å². The van der Waals surface area contributed by atoms with E-state index in [1.54, 1.807) is 0 Å². The number of amides is 1. The first-order valence-corrected chi connectivity index (χ1v) is 10.2. The topological polar surface area (TPSA) is 71.4 Å². The molecular weight excluding hydrogens is 362 g/mol. The van der Waals surface area contributed by atoms with Gasteiger partial charge in [-0.3, -0.25) is 4.79 Å². The zero-order valence-corrected chi connectivity index (χ0v) is 16.5. The van der Waals surface area contributed by atoms with E-state index in [0.717, 1.165) is 28.2 Å². The van der Waals surface area contributed by atoms with Crippen LogP contribution >= 0.6 is 0 Å². The van der Waals surface area contributed by atoms with Crippen molar-refractivity contribution in [1.29, 1.82) is 0 Å². The molecule has 2 aromatic carbocycles. The third-order valence-electron chi connectivity index (χ3n) is 4.39. The molecule has 3 aromatic rings. The van der Waals surface area contributed by atoms with Crippen LogP contribution in [-0.4, -0.2) is 37.3 Å². The molecule has 0 bridgehead atoms. The molecule has 1 amide bonds. The van der Waals surface area contributed by atoms with Gasteiger partial charge in [0.05, 0.1) is 4.90 Å². The van der Waals surface area contributed by atoms with Crippen LogP contribution in [0.3, 0.4) is 0 Å². The molecule has 0 aliphatic carbocycles. The molecule has 0 spiro atoms. The highest BCUT2D eigenvalue weighted by atomic mass is 32.2. The van der Waals surface area contributed by atoms with E-state index >= 15 is 0 Å². The number of aromatic nitrogens is 1. The molecule has 1 N–H and O–H groups in total. The van der Waals surface area contributed by atoms with Gasteiger partial charge in [-0.25, -0.2) is 12.7 Å². The van der Waals surface area contributed by atoms with E-state index in [2.05, 4.69) is 16.8 Å². The predicted octanol–water partition coefficient (Wildman–Crippen LogP) is 3.55. The summed E-state index contributed by atoms with van der Waals surface area (Å²) in [6.07, 6.45) is 3.10. The summed E-state index contributed by atoms with van der Waals surface area (Å²) in [5.74, 6) is -0.281. The minimum absolute atomic E-state index is 0.155. The number of rotatable bonds is 6. The fraction of sp³-hybridized carbons (Fsp3) is 0.250. The zero-order valence-electron chi connectivity index (χ0n) is 15.6. The van der Waals surface area contributed by atoms with Gasteiger partial charge in [0.25, 0.3) is 5.91 Å². The molecule has 0 aliphatic rings. The Balaban J connectivity index is 1.78. The van der Waals surface area contributed by atoms with Gasteiger partial charge in [0.1, 0.15) is 0 Å². The first-order valence-electron chi connectivity index (χ1n) is 8.76. The number of sulfonamides is 1. The summed E-state index contributed by atoms with van der Waals surface area (Å²) < 4.78 is 27.5. The number of aryl methyl sites for hydroxylation is 1. The van der Waals surface area contributed by atoms with Gasteiger partial charge >= 0.3 is 0 Å². The lowest BCUT2D eigenvalue weighted by Crippen LogP contribution is -2.22. The summed E-state index contributed by atoms with van der Waals surface area (Å²) in [7, 11) is -0.562. The summed E-state index contributed by atoms with van der Waals surface area (Å²) in [4.78, 5) is 12.6. The second kappa shape index (κ2) is 7.54. The highest BCUT2D eigenvalue weighted by Crippen LogP contribution is 2.22. The van der Waals surface area contributed by atoms with E-state index in [1.807, 2.05) is 30.5 Å². The van der Waals surface area contributed by atoms with E-state index < -0.39 is 10.0 Å². The number of anilines is 1. The second-order valence-electron chi connectivity index (χ2n) is 6.55. The zero-order chi connectivity index (χ0) is 19.6. The summed E-state index contributed by atoms with van der Waals surface area (Å²) >= 11 is 0. The third kappa shape index (κ3) is 3.89. The van der Waals surface area contributed by atoms with Crippen LogP contribution in [0, 0.1) is 0 Å². The molecule has 0 fully saturated rings. The first kappa shape index (κ1) is 19.1. The van der Waals surface area contributed by atoms with Crippen LogP contribution in [0.25, 0.3) is 10.9 Å². The van der Waals surface area contributed by atoms with Crippen LogP contribution < -0.4 is 5.32 Å². The van der Waals surface area contributed by atoms with Crippen LogP contribution in [0.5, 0.6) is 0 Å². The van der Waals surface area contributed by atoms with Gasteiger partial charge in [-0.1, -0.05) is 6.92 Å². The quantitative estimate of drug-likeness (QED) is 0.705. The molecule has 0 unspecified atom stereocenters. The highest BCUT2D eigenvalue weighted by molar-refractivity contribution is 7.89. The van der Waals surface area contributed by atoms with Crippen molar-refractivity contribution in [2.75, 3.05) is 19.4 Å². The second-order valence-corrected chi connectivity index (χ2v) is 8.70. The fourth-order valence-electron chi connectivity index (χ4n) is 2.91. The number of nitrogens with zero attached hydrogens (tertiary/aromatic N) is 2. The van der Waals surface area contributed by atoms with Crippen molar-refractivity contribution in [3.63, 3.8) is 0 Å². The van der Waals surface area contributed by atoms with E-state index in [0.29, 0.717) is 11.3 Å². The van der Waals surface area contributed by atoms with E-state index in [-0.39, 0.29) is 10.8 Å². The summed E-state index contributed by atoms with van der Waals surface area (Å²) in [6, 6.07) is 13.7. The molecule has 0 atom stereocenters. The Labute approximate surface area is 159 Å². The predicted molar refractivity (Wildman–Crippen MR) is 107 cm³/mol. The largest absolute Gasteiger partial charge is 0.347 e. The Bertz CT molecular complexity index is 1070. The number of carbonyl (C=O) groups excluding carboxylic acids is 1. The van der Waals surface area contributed by atoms with Crippen molar-refractivity contribution in [1.82, 2.24) is 8.87 Å². The molecule has 1 aromatic heterocycles. The van der Waals surface area contributed by atoms with Gasteiger partial charge in [-0.05, 0) is 55.0 Å². The summed E-state index contributed by atoms with van der Waals surface area (Å²) in [6.45, 7) is 3.09. The molecule has 0 saturated carbocycles. The van der Waals surface area contributed by atoms with Gasteiger partial charge in [0.15, 0.2) is 0 Å². The molecule has 6 nitrogen and oxygen atoms in total. The molecule has 1 heterocycles. The lowest BCUT2D eigenvalue weighted by Gasteiger charge is -2.12. The molecule has 0 aliphatic heterocycles. The van der Waals surface area contributed by atoms with Crippen LogP contribution in [-0.2, 0) is 16.6 Å². The number of benzene rings is 2. The molecular formula is C20H23N3O3S. The third-order valence-corrected chi connectivity index (χ3v) is 6.22. The monoisotopic (exact) mass is 385 g/mol.